The maximum atomic E-state index is 12.9. The number of nitrogens with one attached hydrogen (secondary N) is 2. The SMILES string of the molecule is CCNc1ncc(C(=O)NC(C)CC(O)c2ccc(F)cc2)s1. The molecule has 0 bridgehead atoms. The van der Waals surface area contributed by atoms with Gasteiger partial charge in [0.15, 0.2) is 5.13 Å². The van der Waals surface area contributed by atoms with Crippen LogP contribution in [0.2, 0.25) is 0 Å². The zero-order valence-corrected chi connectivity index (χ0v) is 13.9. The monoisotopic (exact) mass is 337 g/mol. The second-order valence-electron chi connectivity index (χ2n) is 5.24. The van der Waals surface area contributed by atoms with Crippen molar-refractivity contribution in [1.82, 2.24) is 10.3 Å². The summed E-state index contributed by atoms with van der Waals surface area (Å²) in [6, 6.07) is 5.47. The van der Waals surface area contributed by atoms with E-state index in [9.17, 15) is 14.3 Å². The fourth-order valence-corrected chi connectivity index (χ4v) is 2.91. The van der Waals surface area contributed by atoms with Crippen LogP contribution in [0.5, 0.6) is 0 Å². The first-order chi connectivity index (χ1) is 11.0. The normalized spacial score (nSPS) is 13.4. The Morgan fingerprint density at radius 2 is 2.09 bits per heavy atom. The topological polar surface area (TPSA) is 74.2 Å². The van der Waals surface area contributed by atoms with Gasteiger partial charge in [-0.15, -0.1) is 0 Å². The Bertz CT molecular complexity index is 645. The zero-order chi connectivity index (χ0) is 16.8. The van der Waals surface area contributed by atoms with E-state index in [2.05, 4.69) is 15.6 Å². The van der Waals surface area contributed by atoms with Gasteiger partial charge in [-0.3, -0.25) is 4.79 Å². The van der Waals surface area contributed by atoms with Crippen LogP contribution in [0.25, 0.3) is 0 Å². The van der Waals surface area contributed by atoms with Crippen LogP contribution in [0.15, 0.2) is 30.5 Å². The van der Waals surface area contributed by atoms with Crippen molar-refractivity contribution >= 4 is 22.4 Å². The molecule has 2 atom stereocenters. The molecule has 0 aliphatic heterocycles. The van der Waals surface area contributed by atoms with Gasteiger partial charge in [-0.2, -0.15) is 0 Å². The van der Waals surface area contributed by atoms with E-state index in [0.29, 0.717) is 22.0 Å². The maximum Gasteiger partial charge on any atom is 0.263 e. The van der Waals surface area contributed by atoms with E-state index in [1.807, 2.05) is 13.8 Å². The summed E-state index contributed by atoms with van der Waals surface area (Å²) in [5, 5.41) is 16.7. The number of nitrogens with zero attached hydrogens (tertiary/aromatic N) is 1. The van der Waals surface area contributed by atoms with Gasteiger partial charge in [0.25, 0.3) is 5.91 Å². The highest BCUT2D eigenvalue weighted by molar-refractivity contribution is 7.17. The van der Waals surface area contributed by atoms with E-state index in [-0.39, 0.29) is 17.8 Å². The van der Waals surface area contributed by atoms with Crippen molar-refractivity contribution in [3.63, 3.8) is 0 Å². The number of aromatic nitrogens is 1. The standard InChI is InChI=1S/C16H20FN3O2S/c1-3-18-16-19-9-14(23-16)15(22)20-10(2)8-13(21)11-4-6-12(17)7-5-11/h4-7,9-10,13,21H,3,8H2,1-2H3,(H,18,19)(H,20,22). The number of amides is 1. The van der Waals surface area contributed by atoms with Crippen molar-refractivity contribution in [3.8, 4) is 0 Å². The van der Waals surface area contributed by atoms with Crippen LogP contribution in [-0.2, 0) is 0 Å². The summed E-state index contributed by atoms with van der Waals surface area (Å²) in [6.07, 6.45) is 1.11. The number of thiazole rings is 1. The molecule has 0 aliphatic rings. The van der Waals surface area contributed by atoms with Crippen molar-refractivity contribution in [2.75, 3.05) is 11.9 Å². The molecule has 0 fully saturated rings. The van der Waals surface area contributed by atoms with E-state index in [1.54, 1.807) is 12.1 Å². The van der Waals surface area contributed by atoms with Gasteiger partial charge in [0.05, 0.1) is 12.3 Å². The van der Waals surface area contributed by atoms with Crippen molar-refractivity contribution in [3.05, 3.63) is 46.7 Å². The molecule has 23 heavy (non-hydrogen) atoms. The van der Waals surface area contributed by atoms with Gasteiger partial charge in [-0.05, 0) is 38.0 Å². The lowest BCUT2D eigenvalue weighted by atomic mass is 10.0. The van der Waals surface area contributed by atoms with Crippen LogP contribution >= 0.6 is 11.3 Å². The number of carbonyl (C=O) groups is 1. The minimum absolute atomic E-state index is 0.217. The Balaban J connectivity index is 1.88. The fraction of sp³-hybridized carbons (Fsp3) is 0.375. The van der Waals surface area contributed by atoms with Gasteiger partial charge in [-0.25, -0.2) is 9.37 Å². The van der Waals surface area contributed by atoms with E-state index in [0.717, 1.165) is 6.54 Å². The summed E-state index contributed by atoms with van der Waals surface area (Å²) in [7, 11) is 0. The van der Waals surface area contributed by atoms with E-state index >= 15 is 0 Å². The Morgan fingerprint density at radius 3 is 2.74 bits per heavy atom. The van der Waals surface area contributed by atoms with Crippen LogP contribution < -0.4 is 10.6 Å². The minimum atomic E-state index is -0.760. The fourth-order valence-electron chi connectivity index (χ4n) is 2.12. The quantitative estimate of drug-likeness (QED) is 0.726. The van der Waals surface area contributed by atoms with Crippen LogP contribution in [0, 0.1) is 5.82 Å². The lowest BCUT2D eigenvalue weighted by Crippen LogP contribution is -2.33. The number of aliphatic hydroxyl groups excluding tert-OH is 1. The van der Waals surface area contributed by atoms with Crippen LogP contribution in [-0.4, -0.2) is 28.6 Å². The number of benzene rings is 1. The summed E-state index contributed by atoms with van der Waals surface area (Å²) >= 11 is 1.29. The van der Waals surface area contributed by atoms with Crippen LogP contribution in [0.3, 0.4) is 0 Å². The Kier molecular flexibility index (Phi) is 6.06. The molecule has 1 amide bonds. The molecule has 0 saturated heterocycles. The second-order valence-corrected chi connectivity index (χ2v) is 6.27. The van der Waals surface area contributed by atoms with Gasteiger partial charge in [0.2, 0.25) is 0 Å². The highest BCUT2D eigenvalue weighted by Crippen LogP contribution is 2.20. The molecule has 2 rings (SSSR count). The van der Waals surface area contributed by atoms with Gasteiger partial charge in [-0.1, -0.05) is 23.5 Å². The molecule has 1 aromatic heterocycles. The molecule has 1 aromatic carbocycles. The van der Waals surface area contributed by atoms with E-state index in [4.69, 9.17) is 0 Å². The average molecular weight is 337 g/mol. The van der Waals surface area contributed by atoms with E-state index in [1.165, 1.54) is 29.7 Å². The van der Waals surface area contributed by atoms with E-state index < -0.39 is 6.10 Å². The van der Waals surface area contributed by atoms with Crippen LogP contribution in [0.4, 0.5) is 9.52 Å². The highest BCUT2D eigenvalue weighted by atomic mass is 32.1. The van der Waals surface area contributed by atoms with Gasteiger partial charge < -0.3 is 15.7 Å². The van der Waals surface area contributed by atoms with Crippen molar-refractivity contribution in [2.24, 2.45) is 0 Å². The summed E-state index contributed by atoms with van der Waals surface area (Å²) in [5.74, 6) is -0.561. The van der Waals surface area contributed by atoms with Crippen molar-refractivity contribution in [2.45, 2.75) is 32.4 Å². The number of rotatable bonds is 7. The molecule has 0 radical (unpaired) electrons. The average Bonchev–Trinajstić information content (AvgIpc) is 2.97. The Labute approximate surface area is 138 Å². The van der Waals surface area contributed by atoms with Crippen LogP contribution in [0.1, 0.15) is 41.6 Å². The first kappa shape index (κ1) is 17.4. The number of halogens is 1. The summed E-state index contributed by atoms with van der Waals surface area (Å²) in [6.45, 7) is 4.52. The third-order valence-corrected chi connectivity index (χ3v) is 4.22. The Morgan fingerprint density at radius 1 is 1.39 bits per heavy atom. The molecule has 0 saturated carbocycles. The van der Waals surface area contributed by atoms with Gasteiger partial charge in [0.1, 0.15) is 10.7 Å². The predicted octanol–water partition coefficient (Wildman–Crippen LogP) is 2.96. The summed E-state index contributed by atoms with van der Waals surface area (Å²) in [5.41, 5.74) is 0.625. The molecule has 0 spiro atoms. The number of carbonyl (C=O) groups excluding carboxylic acids is 1. The number of hydrogen-bond acceptors (Lipinski definition) is 5. The maximum absolute atomic E-state index is 12.9. The highest BCUT2D eigenvalue weighted by Gasteiger charge is 2.17. The molecule has 1 heterocycles. The molecule has 5 nitrogen and oxygen atoms in total. The zero-order valence-electron chi connectivity index (χ0n) is 13.0. The predicted molar refractivity (Wildman–Crippen MR) is 89.2 cm³/mol. The number of hydrogen-bond donors (Lipinski definition) is 3. The second kappa shape index (κ2) is 8.03. The third-order valence-electron chi connectivity index (χ3n) is 3.27. The van der Waals surface area contributed by atoms with Gasteiger partial charge >= 0.3 is 0 Å². The molecule has 2 aromatic rings. The first-order valence-corrected chi connectivity index (χ1v) is 8.25. The minimum Gasteiger partial charge on any atom is -0.388 e. The Hall–Kier alpha value is -1.99. The van der Waals surface area contributed by atoms with Crippen molar-refractivity contribution in [1.29, 1.82) is 0 Å². The molecule has 124 valence electrons. The number of aliphatic hydroxyl groups is 1. The molecule has 3 N–H and O–H groups in total. The number of anilines is 1. The summed E-state index contributed by atoms with van der Waals surface area (Å²) in [4.78, 5) is 16.8. The molecular formula is C16H20FN3O2S. The molecular weight excluding hydrogens is 317 g/mol. The largest absolute Gasteiger partial charge is 0.388 e. The third kappa shape index (κ3) is 5.01. The lowest BCUT2D eigenvalue weighted by Gasteiger charge is -2.17. The lowest BCUT2D eigenvalue weighted by molar-refractivity contribution is 0.0921. The van der Waals surface area contributed by atoms with Crippen molar-refractivity contribution < 1.29 is 14.3 Å². The smallest absolute Gasteiger partial charge is 0.263 e. The first-order valence-electron chi connectivity index (χ1n) is 7.43. The van der Waals surface area contributed by atoms with Gasteiger partial charge in [0, 0.05) is 12.6 Å². The molecule has 2 unspecified atom stereocenters. The molecule has 7 heteroatoms. The summed E-state index contributed by atoms with van der Waals surface area (Å²) < 4.78 is 12.9. The molecule has 0 aliphatic carbocycles.